The van der Waals surface area contributed by atoms with E-state index in [0.29, 0.717) is 0 Å². The van der Waals surface area contributed by atoms with E-state index in [1.54, 1.807) is 0 Å². The van der Waals surface area contributed by atoms with Crippen LogP contribution < -0.4 is 0 Å². The van der Waals surface area contributed by atoms with Gasteiger partial charge < -0.3 is 9.84 Å². The molecule has 0 rings (SSSR count). The maximum atomic E-state index is 12.4. The van der Waals surface area contributed by atoms with Crippen molar-refractivity contribution in [1.29, 1.82) is 0 Å². The SMILES string of the molecule is CCCCC(CC)COC(=O)CCC(C(=O)O)S(=O)(=O)OCC(CC)CCCC.[NaH]. The molecular weight excluding hydrogens is 419 g/mol. The Kier molecular flexibility index (Phi) is 19.7. The molecule has 0 saturated carbocycles. The summed E-state index contributed by atoms with van der Waals surface area (Å²) in [6.45, 7) is 8.39. The fraction of sp³-hybridized carbons (Fsp3) is 0.905. The van der Waals surface area contributed by atoms with Crippen LogP contribution in [0.5, 0.6) is 0 Å². The first kappa shape index (κ1) is 32.0. The summed E-state index contributed by atoms with van der Waals surface area (Å²) >= 11 is 0. The number of hydrogen-bond acceptors (Lipinski definition) is 6. The number of unbranched alkanes of at least 4 members (excludes halogenated alkanes) is 2. The second-order valence-corrected chi connectivity index (χ2v) is 9.45. The minimum atomic E-state index is -4.30. The van der Waals surface area contributed by atoms with E-state index in [4.69, 9.17) is 8.92 Å². The maximum absolute atomic E-state index is 12.4. The molecule has 3 atom stereocenters. The second-order valence-electron chi connectivity index (χ2n) is 7.66. The zero-order valence-electron chi connectivity index (χ0n) is 18.5. The summed E-state index contributed by atoms with van der Waals surface area (Å²) in [5.41, 5.74) is 0. The molecule has 0 aliphatic rings. The monoisotopic (exact) mass is 460 g/mol. The normalized spacial score (nSPS) is 14.4. The molecule has 3 unspecified atom stereocenters. The van der Waals surface area contributed by atoms with Gasteiger partial charge in [-0.1, -0.05) is 66.2 Å². The molecule has 7 nitrogen and oxygen atoms in total. The molecule has 0 fully saturated rings. The van der Waals surface area contributed by atoms with Crippen molar-refractivity contribution in [3.63, 3.8) is 0 Å². The Morgan fingerprint density at radius 2 is 1.37 bits per heavy atom. The summed E-state index contributed by atoms with van der Waals surface area (Å²) in [6, 6.07) is 0. The van der Waals surface area contributed by atoms with Gasteiger partial charge in [0.2, 0.25) is 0 Å². The van der Waals surface area contributed by atoms with Gasteiger partial charge in [0.15, 0.2) is 5.25 Å². The molecule has 0 aliphatic heterocycles. The van der Waals surface area contributed by atoms with Crippen LogP contribution in [0.1, 0.15) is 91.9 Å². The van der Waals surface area contributed by atoms with Crippen molar-refractivity contribution in [2.75, 3.05) is 13.2 Å². The third kappa shape index (κ3) is 14.0. The Bertz CT molecular complexity index is 566. The zero-order valence-corrected chi connectivity index (χ0v) is 19.3. The minimum absolute atomic E-state index is 0. The third-order valence-electron chi connectivity index (χ3n) is 5.27. The Balaban J connectivity index is 0. The summed E-state index contributed by atoms with van der Waals surface area (Å²) in [4.78, 5) is 23.4. The number of ether oxygens (including phenoxy) is 1. The predicted octanol–water partition coefficient (Wildman–Crippen LogP) is 3.89. The molecule has 1 N–H and O–H groups in total. The fourth-order valence-corrected chi connectivity index (χ4v) is 4.19. The van der Waals surface area contributed by atoms with Gasteiger partial charge in [0.05, 0.1) is 13.2 Å². The Labute approximate surface area is 205 Å². The summed E-state index contributed by atoms with van der Waals surface area (Å²) in [7, 11) is -4.30. The van der Waals surface area contributed by atoms with Gasteiger partial charge in [-0.3, -0.25) is 13.8 Å². The molecular formula is C21H41NaO7S. The van der Waals surface area contributed by atoms with Gasteiger partial charge in [0.1, 0.15) is 0 Å². The quantitative estimate of drug-likeness (QED) is 0.188. The number of carbonyl (C=O) groups excluding carboxylic acids is 1. The topological polar surface area (TPSA) is 107 Å². The van der Waals surface area contributed by atoms with E-state index in [0.717, 1.165) is 51.4 Å². The Hall–Kier alpha value is -0.150. The Morgan fingerprint density at radius 1 is 0.867 bits per heavy atom. The number of rotatable bonds is 18. The van der Waals surface area contributed by atoms with E-state index >= 15 is 0 Å². The summed E-state index contributed by atoms with van der Waals surface area (Å²) in [5, 5.41) is 7.56. The van der Waals surface area contributed by atoms with Crippen LogP contribution in [-0.2, 0) is 28.6 Å². The van der Waals surface area contributed by atoms with E-state index in [1.807, 2.05) is 13.8 Å². The molecule has 0 spiro atoms. The van der Waals surface area contributed by atoms with Crippen LogP contribution in [-0.4, -0.2) is 73.5 Å². The molecule has 0 aromatic carbocycles. The van der Waals surface area contributed by atoms with Crippen LogP contribution in [0.25, 0.3) is 0 Å². The third-order valence-corrected chi connectivity index (χ3v) is 6.87. The molecule has 0 aliphatic carbocycles. The number of aliphatic carboxylic acids is 1. The number of esters is 1. The van der Waals surface area contributed by atoms with Crippen molar-refractivity contribution >= 4 is 51.6 Å². The standard InChI is InChI=1S/C21H40O7S.Na.H/c1-5-9-11-17(7-3)15-27-20(22)14-13-19(21(23)24)29(25,26)28-16-18(8-4)12-10-6-2;;/h17-19H,5-16H2,1-4H3,(H,23,24);;. The van der Waals surface area contributed by atoms with Crippen LogP contribution >= 0.6 is 0 Å². The second kappa shape index (κ2) is 18.4. The summed E-state index contributed by atoms with van der Waals surface area (Å²) < 4.78 is 35.0. The molecule has 0 aromatic heterocycles. The number of hydrogen-bond donors (Lipinski definition) is 1. The summed E-state index contributed by atoms with van der Waals surface area (Å²) in [6.07, 6.45) is 6.93. The van der Waals surface area contributed by atoms with Crippen molar-refractivity contribution in [3.8, 4) is 0 Å². The molecule has 0 aromatic rings. The number of carboxylic acid groups (broad SMARTS) is 1. The number of carbonyl (C=O) groups is 2. The van der Waals surface area contributed by atoms with Crippen molar-refractivity contribution in [2.24, 2.45) is 11.8 Å². The Morgan fingerprint density at radius 3 is 1.80 bits per heavy atom. The van der Waals surface area contributed by atoms with Gasteiger partial charge in [-0.2, -0.15) is 8.42 Å². The first-order chi connectivity index (χ1) is 13.7. The molecule has 0 saturated heterocycles. The van der Waals surface area contributed by atoms with E-state index < -0.39 is 27.3 Å². The average molecular weight is 461 g/mol. The molecule has 30 heavy (non-hydrogen) atoms. The van der Waals surface area contributed by atoms with Crippen LogP contribution in [0.15, 0.2) is 0 Å². The van der Waals surface area contributed by atoms with Crippen molar-refractivity contribution < 1.29 is 32.0 Å². The van der Waals surface area contributed by atoms with Gasteiger partial charge >= 0.3 is 41.5 Å². The van der Waals surface area contributed by atoms with Gasteiger partial charge in [-0.15, -0.1) is 0 Å². The molecule has 174 valence electrons. The van der Waals surface area contributed by atoms with Crippen molar-refractivity contribution in [2.45, 2.75) is 97.2 Å². The van der Waals surface area contributed by atoms with Gasteiger partial charge in [0, 0.05) is 6.42 Å². The van der Waals surface area contributed by atoms with Crippen LogP contribution in [0.2, 0.25) is 0 Å². The zero-order chi connectivity index (χ0) is 22.3. The molecule has 0 radical (unpaired) electrons. The molecule has 0 amide bonds. The van der Waals surface area contributed by atoms with Crippen LogP contribution in [0, 0.1) is 11.8 Å². The van der Waals surface area contributed by atoms with Crippen LogP contribution in [0.4, 0.5) is 0 Å². The van der Waals surface area contributed by atoms with Crippen molar-refractivity contribution in [3.05, 3.63) is 0 Å². The van der Waals surface area contributed by atoms with Gasteiger partial charge in [-0.05, 0) is 31.1 Å². The average Bonchev–Trinajstić information content (AvgIpc) is 2.68. The van der Waals surface area contributed by atoms with Crippen LogP contribution in [0.3, 0.4) is 0 Å². The fourth-order valence-electron chi connectivity index (χ4n) is 2.99. The predicted molar refractivity (Wildman–Crippen MR) is 120 cm³/mol. The van der Waals surface area contributed by atoms with Gasteiger partial charge in [-0.25, -0.2) is 0 Å². The summed E-state index contributed by atoms with van der Waals surface area (Å²) in [5.74, 6) is -1.74. The van der Waals surface area contributed by atoms with Gasteiger partial charge in [0.25, 0.3) is 10.1 Å². The first-order valence-electron chi connectivity index (χ1n) is 11.0. The van der Waals surface area contributed by atoms with Crippen molar-refractivity contribution in [1.82, 2.24) is 0 Å². The van der Waals surface area contributed by atoms with E-state index in [-0.39, 0.29) is 67.4 Å². The van der Waals surface area contributed by atoms with E-state index in [9.17, 15) is 23.1 Å². The first-order valence-corrected chi connectivity index (χ1v) is 12.4. The van der Waals surface area contributed by atoms with E-state index in [1.165, 1.54) is 0 Å². The molecule has 9 heteroatoms. The number of carboxylic acids is 1. The molecule has 0 heterocycles. The molecule has 0 bridgehead atoms. The van der Waals surface area contributed by atoms with E-state index in [2.05, 4.69) is 13.8 Å².